The van der Waals surface area contributed by atoms with Gasteiger partial charge in [0.25, 0.3) is 0 Å². The first-order valence-electron chi connectivity index (χ1n) is 5.78. The minimum absolute atomic E-state index is 0.0937. The van der Waals surface area contributed by atoms with Gasteiger partial charge < -0.3 is 0 Å². The molecule has 1 rings (SSSR count). The van der Waals surface area contributed by atoms with Gasteiger partial charge >= 0.3 is 0 Å². The highest BCUT2D eigenvalue weighted by Crippen LogP contribution is 2.32. The molecule has 3 atom stereocenters. The van der Waals surface area contributed by atoms with Crippen LogP contribution in [0.2, 0.25) is 0 Å². The fourth-order valence-electron chi connectivity index (χ4n) is 2.20. The Bertz CT molecular complexity index is 265. The van der Waals surface area contributed by atoms with Crippen molar-refractivity contribution in [3.05, 3.63) is 0 Å². The van der Waals surface area contributed by atoms with Gasteiger partial charge in [0.05, 0.1) is 0 Å². The summed E-state index contributed by atoms with van der Waals surface area (Å²) < 4.78 is 12.1. The maximum Gasteiger partial charge on any atom is 0.134 e. The molecule has 0 spiro atoms. The summed E-state index contributed by atoms with van der Waals surface area (Å²) in [5.74, 6) is 0.769. The van der Waals surface area contributed by atoms with Gasteiger partial charge in [0.1, 0.15) is 5.78 Å². The topological polar surface area (TPSA) is 34.1 Å². The van der Waals surface area contributed by atoms with Crippen LogP contribution in [0.5, 0.6) is 0 Å². The lowest BCUT2D eigenvalue weighted by molar-refractivity contribution is -0.120. The van der Waals surface area contributed by atoms with E-state index in [1.165, 1.54) is 0 Å². The lowest BCUT2D eigenvalue weighted by Gasteiger charge is -2.33. The molecular weight excluding hydrogens is 208 g/mol. The van der Waals surface area contributed by atoms with Gasteiger partial charge in [0.2, 0.25) is 0 Å². The first-order valence-corrected chi connectivity index (χ1v) is 7.00. The van der Waals surface area contributed by atoms with E-state index >= 15 is 0 Å². The summed E-state index contributed by atoms with van der Waals surface area (Å²) in [5.41, 5.74) is 0. The van der Waals surface area contributed by atoms with E-state index in [0.29, 0.717) is 24.5 Å². The average Bonchev–Trinajstić information content (AvgIpc) is 2.15. The maximum absolute atomic E-state index is 12.3. The Kier molecular flexibility index (Phi) is 4.10. The van der Waals surface area contributed by atoms with Gasteiger partial charge in [-0.2, -0.15) is 0 Å². The molecular formula is C12H22O2S. The van der Waals surface area contributed by atoms with Crippen molar-refractivity contribution in [2.24, 2.45) is 5.92 Å². The highest BCUT2D eigenvalue weighted by molar-refractivity contribution is 7.87. The zero-order valence-electron chi connectivity index (χ0n) is 10.2. The SMILES string of the molecule is CCC1CCC(=O)CC1S(=O)C(C)(C)C. The third-order valence-electron chi connectivity index (χ3n) is 3.15. The molecule has 88 valence electrons. The predicted octanol–water partition coefficient (Wildman–Crippen LogP) is 2.68. The zero-order valence-corrected chi connectivity index (χ0v) is 11.0. The van der Waals surface area contributed by atoms with Gasteiger partial charge in [0, 0.05) is 33.6 Å². The van der Waals surface area contributed by atoms with Crippen molar-refractivity contribution in [2.75, 3.05) is 0 Å². The van der Waals surface area contributed by atoms with Crippen molar-refractivity contribution in [3.8, 4) is 0 Å². The molecule has 0 N–H and O–H groups in total. The van der Waals surface area contributed by atoms with E-state index < -0.39 is 10.8 Å². The van der Waals surface area contributed by atoms with Gasteiger partial charge in [-0.15, -0.1) is 0 Å². The molecule has 1 fully saturated rings. The second kappa shape index (κ2) is 4.77. The number of Topliss-reactive ketones (excluding diaryl/α,β-unsaturated/α-hetero) is 1. The van der Waals surface area contributed by atoms with Crippen LogP contribution in [0, 0.1) is 5.92 Å². The third-order valence-corrected chi connectivity index (χ3v) is 5.46. The molecule has 0 radical (unpaired) electrons. The predicted molar refractivity (Wildman–Crippen MR) is 64.3 cm³/mol. The lowest BCUT2D eigenvalue weighted by Crippen LogP contribution is -2.40. The molecule has 15 heavy (non-hydrogen) atoms. The highest BCUT2D eigenvalue weighted by Gasteiger charge is 2.37. The van der Waals surface area contributed by atoms with Crippen molar-refractivity contribution in [1.82, 2.24) is 0 Å². The highest BCUT2D eigenvalue weighted by atomic mass is 32.2. The molecule has 1 aliphatic rings. The molecule has 1 saturated carbocycles. The molecule has 3 heteroatoms. The Morgan fingerprint density at radius 2 is 2.00 bits per heavy atom. The van der Waals surface area contributed by atoms with Crippen LogP contribution in [0.4, 0.5) is 0 Å². The van der Waals surface area contributed by atoms with Crippen molar-refractivity contribution in [2.45, 2.75) is 63.4 Å². The summed E-state index contributed by atoms with van der Waals surface area (Å²) in [4.78, 5) is 11.4. The minimum Gasteiger partial charge on any atom is -0.300 e. The van der Waals surface area contributed by atoms with Gasteiger partial charge in [0.15, 0.2) is 0 Å². The van der Waals surface area contributed by atoms with E-state index in [1.54, 1.807) is 0 Å². The normalized spacial score (nSPS) is 30.3. The van der Waals surface area contributed by atoms with E-state index in [4.69, 9.17) is 0 Å². The molecule has 0 saturated heterocycles. The van der Waals surface area contributed by atoms with Gasteiger partial charge in [-0.1, -0.05) is 13.3 Å². The quantitative estimate of drug-likeness (QED) is 0.731. The molecule has 0 bridgehead atoms. The number of ketones is 1. The third kappa shape index (κ3) is 3.13. The largest absolute Gasteiger partial charge is 0.300 e. The van der Waals surface area contributed by atoms with Crippen LogP contribution in [0.1, 0.15) is 53.4 Å². The van der Waals surface area contributed by atoms with Crippen molar-refractivity contribution in [1.29, 1.82) is 0 Å². The maximum atomic E-state index is 12.3. The average molecular weight is 230 g/mol. The fourth-order valence-corrected chi connectivity index (χ4v) is 4.12. The summed E-state index contributed by atoms with van der Waals surface area (Å²) in [7, 11) is -0.895. The van der Waals surface area contributed by atoms with Crippen LogP contribution < -0.4 is 0 Å². The Morgan fingerprint density at radius 3 is 2.47 bits per heavy atom. The molecule has 0 aromatic rings. The van der Waals surface area contributed by atoms with Crippen LogP contribution in [-0.4, -0.2) is 20.0 Å². The molecule has 2 nitrogen and oxygen atoms in total. The monoisotopic (exact) mass is 230 g/mol. The summed E-state index contributed by atoms with van der Waals surface area (Å²) >= 11 is 0. The summed E-state index contributed by atoms with van der Waals surface area (Å²) in [6.45, 7) is 8.12. The van der Waals surface area contributed by atoms with E-state index in [9.17, 15) is 9.00 Å². The van der Waals surface area contributed by atoms with E-state index in [2.05, 4.69) is 6.92 Å². The van der Waals surface area contributed by atoms with Crippen molar-refractivity contribution < 1.29 is 9.00 Å². The molecule has 3 unspecified atom stereocenters. The van der Waals surface area contributed by atoms with Crippen LogP contribution in [0.25, 0.3) is 0 Å². The first kappa shape index (κ1) is 12.9. The fraction of sp³-hybridized carbons (Fsp3) is 0.917. The Hall–Kier alpha value is -0.180. The Labute approximate surface area is 95.3 Å². The standard InChI is InChI=1S/C12H22O2S/c1-5-9-6-7-10(13)8-11(9)15(14)12(2,3)4/h9,11H,5-8H2,1-4H3. The Balaban J connectivity index is 2.80. The number of hydrogen-bond donors (Lipinski definition) is 0. The first-order chi connectivity index (χ1) is 6.86. The van der Waals surface area contributed by atoms with Crippen molar-refractivity contribution in [3.63, 3.8) is 0 Å². The molecule has 0 aromatic carbocycles. The smallest absolute Gasteiger partial charge is 0.134 e. The molecule has 0 aromatic heterocycles. The molecule has 0 heterocycles. The van der Waals surface area contributed by atoms with E-state index in [0.717, 1.165) is 12.8 Å². The zero-order chi connectivity index (χ0) is 11.6. The van der Waals surface area contributed by atoms with Crippen molar-refractivity contribution >= 4 is 16.6 Å². The summed E-state index contributed by atoms with van der Waals surface area (Å²) in [5, 5.41) is 0.0937. The second-order valence-electron chi connectivity index (χ2n) is 5.40. The lowest BCUT2D eigenvalue weighted by atomic mass is 9.86. The van der Waals surface area contributed by atoms with E-state index in [1.807, 2.05) is 20.8 Å². The second-order valence-corrected chi connectivity index (χ2v) is 7.82. The summed E-state index contributed by atoms with van der Waals surface area (Å²) in [6.07, 6.45) is 3.19. The molecule has 0 aliphatic heterocycles. The number of carbonyl (C=O) groups excluding carboxylic acids is 1. The van der Waals surface area contributed by atoms with Gasteiger partial charge in [-0.05, 0) is 33.1 Å². The van der Waals surface area contributed by atoms with Crippen LogP contribution in [0.3, 0.4) is 0 Å². The number of rotatable bonds is 2. The van der Waals surface area contributed by atoms with E-state index in [-0.39, 0.29) is 10.00 Å². The van der Waals surface area contributed by atoms with Gasteiger partial charge in [-0.3, -0.25) is 9.00 Å². The van der Waals surface area contributed by atoms with Crippen LogP contribution in [0.15, 0.2) is 0 Å². The van der Waals surface area contributed by atoms with Crippen LogP contribution in [-0.2, 0) is 15.6 Å². The Morgan fingerprint density at radius 1 is 1.40 bits per heavy atom. The molecule has 1 aliphatic carbocycles. The van der Waals surface area contributed by atoms with Crippen LogP contribution >= 0.6 is 0 Å². The summed E-state index contributed by atoms with van der Waals surface area (Å²) in [6, 6.07) is 0. The van der Waals surface area contributed by atoms with Gasteiger partial charge in [-0.25, -0.2) is 0 Å². The molecule has 0 amide bonds. The number of carbonyl (C=O) groups is 1. The minimum atomic E-state index is -0.895. The number of hydrogen-bond acceptors (Lipinski definition) is 2.